The van der Waals surface area contributed by atoms with E-state index < -0.39 is 0 Å². The zero-order chi connectivity index (χ0) is 36.0. The van der Waals surface area contributed by atoms with Gasteiger partial charge < -0.3 is 0 Å². The first-order valence-corrected chi connectivity index (χ1v) is 19.1. The molecule has 1 aliphatic carbocycles. The van der Waals surface area contributed by atoms with Gasteiger partial charge in [-0.2, -0.15) is 0 Å². The lowest BCUT2D eigenvalue weighted by Gasteiger charge is -2.22. The van der Waals surface area contributed by atoms with Crippen molar-refractivity contribution in [1.82, 2.24) is 19.9 Å². The Hall–Kier alpha value is -6.56. The third-order valence-corrected chi connectivity index (χ3v) is 12.3. The van der Waals surface area contributed by atoms with E-state index in [1.54, 1.807) is 11.3 Å². The number of fused-ring (bicyclic) bond motifs is 10. The van der Waals surface area contributed by atoms with Crippen molar-refractivity contribution in [2.24, 2.45) is 0 Å². The Morgan fingerprint density at radius 2 is 1.04 bits per heavy atom. The molecule has 54 heavy (non-hydrogen) atoms. The summed E-state index contributed by atoms with van der Waals surface area (Å²) >= 11 is 1.80. The fourth-order valence-corrected chi connectivity index (χ4v) is 9.72. The van der Waals surface area contributed by atoms with E-state index in [1.165, 1.54) is 43.1 Å². The van der Waals surface area contributed by atoms with Crippen LogP contribution in [0.3, 0.4) is 0 Å². The van der Waals surface area contributed by atoms with E-state index in [-0.39, 0.29) is 5.41 Å². The standard InChI is InChI=1S/C49H32N4S/c1-49(2)38-22-12-9-19-32(38)33-26-25-31(27-39(33)49)44-36-28-37(48-52-46(29-15-5-3-6-16-29)51-47(53-48)30-17-7-4-8-18-30)45-43(35-21-11-14-24-41(35)54-45)42(36)34-20-10-13-23-40(34)50-44/h3-28H,1-2H3. The van der Waals surface area contributed by atoms with Crippen LogP contribution in [-0.4, -0.2) is 19.9 Å². The van der Waals surface area contributed by atoms with Gasteiger partial charge in [-0.05, 0) is 46.5 Å². The quantitative estimate of drug-likeness (QED) is 0.171. The summed E-state index contributed by atoms with van der Waals surface area (Å²) in [5, 5.41) is 5.85. The van der Waals surface area contributed by atoms with Crippen LogP contribution in [0.1, 0.15) is 25.0 Å². The maximum absolute atomic E-state index is 5.48. The number of rotatable bonds is 4. The van der Waals surface area contributed by atoms with Crippen molar-refractivity contribution < 1.29 is 0 Å². The maximum Gasteiger partial charge on any atom is 0.165 e. The lowest BCUT2D eigenvalue weighted by Crippen LogP contribution is -2.14. The molecule has 0 spiro atoms. The van der Waals surface area contributed by atoms with Crippen molar-refractivity contribution in [3.63, 3.8) is 0 Å². The largest absolute Gasteiger partial charge is 0.247 e. The summed E-state index contributed by atoms with van der Waals surface area (Å²) in [4.78, 5) is 21.0. The Balaban J connectivity index is 1.26. The first-order valence-electron chi connectivity index (χ1n) is 18.3. The zero-order valence-corrected chi connectivity index (χ0v) is 30.5. The molecule has 0 aliphatic heterocycles. The summed E-state index contributed by atoms with van der Waals surface area (Å²) in [6, 6.07) is 55.7. The average molecular weight is 709 g/mol. The highest BCUT2D eigenvalue weighted by atomic mass is 32.1. The molecule has 5 heteroatoms. The average Bonchev–Trinajstić information content (AvgIpc) is 3.73. The number of nitrogens with zero attached hydrogens (tertiary/aromatic N) is 4. The number of pyridine rings is 1. The van der Waals surface area contributed by atoms with Crippen molar-refractivity contribution in [3.05, 3.63) is 169 Å². The predicted octanol–water partition coefficient (Wildman–Crippen LogP) is 12.9. The van der Waals surface area contributed by atoms with Gasteiger partial charge in [0.1, 0.15) is 0 Å². The van der Waals surface area contributed by atoms with Gasteiger partial charge >= 0.3 is 0 Å². The first-order chi connectivity index (χ1) is 26.5. The number of thiophene rings is 1. The second kappa shape index (κ2) is 11.7. The van der Waals surface area contributed by atoms with Crippen LogP contribution in [0.15, 0.2) is 158 Å². The molecule has 0 bridgehead atoms. The van der Waals surface area contributed by atoms with Gasteiger partial charge in [-0.3, -0.25) is 0 Å². The number of hydrogen-bond donors (Lipinski definition) is 0. The van der Waals surface area contributed by atoms with Crippen LogP contribution in [0.25, 0.3) is 98.4 Å². The van der Waals surface area contributed by atoms with Gasteiger partial charge in [0.05, 0.1) is 11.2 Å². The van der Waals surface area contributed by atoms with E-state index in [4.69, 9.17) is 19.9 Å². The van der Waals surface area contributed by atoms with Gasteiger partial charge in [0, 0.05) is 64.0 Å². The summed E-state index contributed by atoms with van der Waals surface area (Å²) in [7, 11) is 0. The fraction of sp³-hybridized carbons (Fsp3) is 0.0612. The third kappa shape index (κ3) is 4.62. The van der Waals surface area contributed by atoms with E-state index >= 15 is 0 Å². The van der Waals surface area contributed by atoms with Gasteiger partial charge in [-0.25, -0.2) is 19.9 Å². The number of benzene rings is 7. The van der Waals surface area contributed by atoms with Crippen LogP contribution in [0.2, 0.25) is 0 Å². The van der Waals surface area contributed by atoms with Gasteiger partial charge in [-0.1, -0.05) is 147 Å². The normalized spacial score (nSPS) is 13.1. The highest BCUT2D eigenvalue weighted by molar-refractivity contribution is 7.26. The molecule has 3 heterocycles. The van der Waals surface area contributed by atoms with Crippen LogP contribution in [0.5, 0.6) is 0 Å². The lowest BCUT2D eigenvalue weighted by atomic mass is 9.81. The molecule has 0 atom stereocenters. The molecule has 0 fully saturated rings. The molecule has 0 saturated heterocycles. The molecule has 0 unspecified atom stereocenters. The summed E-state index contributed by atoms with van der Waals surface area (Å²) in [6.07, 6.45) is 0. The van der Waals surface area contributed by atoms with Crippen molar-refractivity contribution >= 4 is 53.2 Å². The van der Waals surface area contributed by atoms with Crippen molar-refractivity contribution in [1.29, 1.82) is 0 Å². The summed E-state index contributed by atoms with van der Waals surface area (Å²) in [5.74, 6) is 1.93. The molecule has 0 saturated carbocycles. The maximum atomic E-state index is 5.48. The highest BCUT2D eigenvalue weighted by Gasteiger charge is 2.35. The van der Waals surface area contributed by atoms with E-state index in [1.807, 2.05) is 36.4 Å². The minimum absolute atomic E-state index is 0.136. The first kappa shape index (κ1) is 31.0. The number of hydrogen-bond acceptors (Lipinski definition) is 5. The molecule has 10 aromatic rings. The topological polar surface area (TPSA) is 51.6 Å². The van der Waals surface area contributed by atoms with Crippen LogP contribution in [-0.2, 0) is 5.41 Å². The summed E-state index contributed by atoms with van der Waals surface area (Å²) in [6.45, 7) is 4.67. The second-order valence-electron chi connectivity index (χ2n) is 14.6. The Morgan fingerprint density at radius 1 is 0.426 bits per heavy atom. The van der Waals surface area contributed by atoms with Crippen LogP contribution in [0.4, 0.5) is 0 Å². The zero-order valence-electron chi connectivity index (χ0n) is 29.7. The molecular formula is C49H32N4S. The molecule has 11 rings (SSSR count). The molecule has 254 valence electrons. The third-order valence-electron chi connectivity index (χ3n) is 11.1. The molecule has 3 aromatic heterocycles. The lowest BCUT2D eigenvalue weighted by molar-refractivity contribution is 0.660. The van der Waals surface area contributed by atoms with E-state index in [0.29, 0.717) is 17.5 Å². The molecule has 0 amide bonds. The SMILES string of the molecule is CC1(C)c2ccccc2-c2ccc(-c3nc4ccccc4c4c3cc(-c3nc(-c5ccccc5)nc(-c5ccccc5)n3)c3sc5ccccc5c34)cc21. The van der Waals surface area contributed by atoms with Crippen molar-refractivity contribution in [2.75, 3.05) is 0 Å². The Labute approximate surface area is 316 Å². The monoisotopic (exact) mass is 708 g/mol. The highest BCUT2D eigenvalue weighted by Crippen LogP contribution is 2.51. The molecule has 1 aliphatic rings. The minimum Gasteiger partial charge on any atom is -0.247 e. The van der Waals surface area contributed by atoms with Crippen LogP contribution >= 0.6 is 11.3 Å². The number of aromatic nitrogens is 4. The summed E-state index contributed by atoms with van der Waals surface area (Å²) in [5.41, 5.74) is 11.1. The van der Waals surface area contributed by atoms with E-state index in [2.05, 4.69) is 135 Å². The van der Waals surface area contributed by atoms with Gasteiger partial charge in [0.25, 0.3) is 0 Å². The van der Waals surface area contributed by atoms with Crippen LogP contribution < -0.4 is 0 Å². The molecular weight excluding hydrogens is 677 g/mol. The Morgan fingerprint density at radius 3 is 1.80 bits per heavy atom. The smallest absolute Gasteiger partial charge is 0.165 e. The molecule has 4 nitrogen and oxygen atoms in total. The van der Waals surface area contributed by atoms with Crippen molar-refractivity contribution in [2.45, 2.75) is 19.3 Å². The van der Waals surface area contributed by atoms with Crippen molar-refractivity contribution in [3.8, 4) is 56.5 Å². The van der Waals surface area contributed by atoms with Crippen LogP contribution in [0, 0.1) is 0 Å². The number of para-hydroxylation sites is 1. The predicted molar refractivity (Wildman–Crippen MR) is 225 cm³/mol. The summed E-state index contributed by atoms with van der Waals surface area (Å²) < 4.78 is 2.38. The van der Waals surface area contributed by atoms with Gasteiger partial charge in [0.2, 0.25) is 0 Å². The molecule has 0 radical (unpaired) electrons. The minimum atomic E-state index is -0.136. The van der Waals surface area contributed by atoms with E-state index in [9.17, 15) is 0 Å². The van der Waals surface area contributed by atoms with Gasteiger partial charge in [0.15, 0.2) is 17.5 Å². The Kier molecular flexibility index (Phi) is 6.73. The van der Waals surface area contributed by atoms with E-state index in [0.717, 1.165) is 48.9 Å². The molecule has 0 N–H and O–H groups in total. The van der Waals surface area contributed by atoms with Gasteiger partial charge in [-0.15, -0.1) is 11.3 Å². The fourth-order valence-electron chi connectivity index (χ4n) is 8.50. The Bertz CT molecular complexity index is 3070. The second-order valence-corrected chi connectivity index (χ2v) is 15.6. The molecule has 7 aromatic carbocycles.